The number of hydrogen-bond donors (Lipinski definition) is 2. The quantitative estimate of drug-likeness (QED) is 0.809. The minimum absolute atomic E-state index is 0.0105. The van der Waals surface area contributed by atoms with Crippen molar-refractivity contribution in [3.8, 4) is 0 Å². The number of aromatic nitrogens is 1. The van der Waals surface area contributed by atoms with Crippen molar-refractivity contribution in [2.24, 2.45) is 5.73 Å². The Morgan fingerprint density at radius 3 is 2.83 bits per heavy atom. The van der Waals surface area contributed by atoms with Gasteiger partial charge in [0, 0.05) is 31.7 Å². The van der Waals surface area contributed by atoms with Crippen LogP contribution in [0.4, 0.5) is 10.5 Å². The Bertz CT molecular complexity index is 645. The van der Waals surface area contributed by atoms with Gasteiger partial charge >= 0.3 is 6.03 Å². The Morgan fingerprint density at radius 2 is 2.17 bits per heavy atom. The van der Waals surface area contributed by atoms with Gasteiger partial charge in [-0.05, 0) is 35.7 Å². The number of urea groups is 1. The van der Waals surface area contributed by atoms with E-state index in [0.29, 0.717) is 6.54 Å². The third-order valence-corrected chi connectivity index (χ3v) is 4.10. The van der Waals surface area contributed by atoms with Gasteiger partial charge in [-0.25, -0.2) is 4.79 Å². The first-order valence-electron chi connectivity index (χ1n) is 8.38. The number of anilines is 1. The molecule has 0 saturated carbocycles. The van der Waals surface area contributed by atoms with Crippen molar-refractivity contribution in [2.45, 2.75) is 38.8 Å². The lowest BCUT2D eigenvalue weighted by Crippen LogP contribution is -2.35. The summed E-state index contributed by atoms with van der Waals surface area (Å²) in [4.78, 5) is 18.6. The Kier molecular flexibility index (Phi) is 6.75. The molecule has 0 fully saturated rings. The van der Waals surface area contributed by atoms with E-state index in [4.69, 9.17) is 5.73 Å². The molecule has 0 aliphatic heterocycles. The molecule has 0 unspecified atom stereocenters. The highest BCUT2D eigenvalue weighted by Gasteiger charge is 2.21. The summed E-state index contributed by atoms with van der Waals surface area (Å²) in [5.74, 6) is 0. The number of hydrogen-bond acceptors (Lipinski definition) is 3. The second kappa shape index (κ2) is 9.03. The van der Waals surface area contributed by atoms with Crippen molar-refractivity contribution in [3.63, 3.8) is 0 Å². The lowest BCUT2D eigenvalue weighted by molar-refractivity contribution is 0.200. The molecule has 1 atom stereocenters. The van der Waals surface area contributed by atoms with Crippen LogP contribution in [0.2, 0.25) is 0 Å². The highest BCUT2D eigenvalue weighted by molar-refractivity contribution is 5.89. The molecule has 0 radical (unpaired) electrons. The smallest absolute Gasteiger partial charge is 0.322 e. The van der Waals surface area contributed by atoms with Crippen molar-refractivity contribution in [1.82, 2.24) is 9.88 Å². The van der Waals surface area contributed by atoms with Crippen LogP contribution in [0.5, 0.6) is 0 Å². The molecule has 1 aromatic heterocycles. The maximum Gasteiger partial charge on any atom is 0.322 e. The second-order valence-electron chi connectivity index (χ2n) is 5.89. The van der Waals surface area contributed by atoms with Gasteiger partial charge in [0.15, 0.2) is 0 Å². The highest BCUT2D eigenvalue weighted by atomic mass is 16.2. The molecule has 2 aromatic rings. The van der Waals surface area contributed by atoms with Crippen LogP contribution in [0.1, 0.15) is 43.4 Å². The SMILES string of the molecule is CCCC[C@H](c1cccnc1)N(C)C(=O)Nc1cccc(CN)c1. The molecule has 24 heavy (non-hydrogen) atoms. The van der Waals surface area contributed by atoms with Gasteiger partial charge in [-0.2, -0.15) is 0 Å². The summed E-state index contributed by atoms with van der Waals surface area (Å²) in [7, 11) is 1.83. The molecule has 1 heterocycles. The van der Waals surface area contributed by atoms with Crippen LogP contribution < -0.4 is 11.1 Å². The Morgan fingerprint density at radius 1 is 1.33 bits per heavy atom. The van der Waals surface area contributed by atoms with Gasteiger partial charge in [-0.3, -0.25) is 4.98 Å². The topological polar surface area (TPSA) is 71.2 Å². The average molecular weight is 326 g/mol. The van der Waals surface area contributed by atoms with Gasteiger partial charge in [0.05, 0.1) is 6.04 Å². The van der Waals surface area contributed by atoms with Crippen LogP contribution >= 0.6 is 0 Å². The van der Waals surface area contributed by atoms with Gasteiger partial charge in [0.2, 0.25) is 0 Å². The number of rotatable bonds is 7. The first-order valence-corrected chi connectivity index (χ1v) is 8.38. The predicted molar refractivity (Wildman–Crippen MR) is 97.6 cm³/mol. The van der Waals surface area contributed by atoms with Gasteiger partial charge in [-0.1, -0.05) is 38.0 Å². The zero-order valence-electron chi connectivity index (χ0n) is 14.4. The molecule has 3 N–H and O–H groups in total. The molecule has 5 heteroatoms. The second-order valence-corrected chi connectivity index (χ2v) is 5.89. The summed E-state index contributed by atoms with van der Waals surface area (Å²) in [6, 6.07) is 11.4. The molecule has 128 valence electrons. The molecule has 0 bridgehead atoms. The first kappa shape index (κ1) is 17.9. The van der Waals surface area contributed by atoms with Crippen LogP contribution in [0.25, 0.3) is 0 Å². The third kappa shape index (κ3) is 4.80. The molecule has 0 aliphatic carbocycles. The Balaban J connectivity index is 2.12. The monoisotopic (exact) mass is 326 g/mol. The lowest BCUT2D eigenvalue weighted by Gasteiger charge is -2.28. The summed E-state index contributed by atoms with van der Waals surface area (Å²) in [6.45, 7) is 2.60. The fourth-order valence-corrected chi connectivity index (χ4v) is 2.68. The number of carbonyl (C=O) groups excluding carboxylic acids is 1. The van der Waals surface area contributed by atoms with Crippen molar-refractivity contribution in [2.75, 3.05) is 12.4 Å². The minimum Gasteiger partial charge on any atom is -0.326 e. The van der Waals surface area contributed by atoms with Crippen molar-refractivity contribution in [3.05, 3.63) is 59.9 Å². The number of nitrogens with one attached hydrogen (secondary N) is 1. The van der Waals surface area contributed by atoms with Crippen LogP contribution in [-0.2, 0) is 6.54 Å². The van der Waals surface area contributed by atoms with E-state index in [9.17, 15) is 4.79 Å². The highest BCUT2D eigenvalue weighted by Crippen LogP contribution is 2.25. The van der Waals surface area contributed by atoms with Crippen LogP contribution in [-0.4, -0.2) is 23.0 Å². The molecule has 2 amide bonds. The summed E-state index contributed by atoms with van der Waals surface area (Å²) < 4.78 is 0. The normalized spacial score (nSPS) is 11.8. The summed E-state index contributed by atoms with van der Waals surface area (Å²) >= 11 is 0. The fourth-order valence-electron chi connectivity index (χ4n) is 2.68. The van der Waals surface area contributed by atoms with Crippen molar-refractivity contribution < 1.29 is 4.79 Å². The van der Waals surface area contributed by atoms with Gasteiger partial charge in [0.1, 0.15) is 0 Å². The molecular formula is C19H26N4O. The van der Waals surface area contributed by atoms with Crippen LogP contribution in [0, 0.1) is 0 Å². The number of amides is 2. The third-order valence-electron chi connectivity index (χ3n) is 4.10. The first-order chi connectivity index (χ1) is 11.7. The summed E-state index contributed by atoms with van der Waals surface area (Å²) in [5.41, 5.74) is 8.46. The molecular weight excluding hydrogens is 300 g/mol. The molecule has 5 nitrogen and oxygen atoms in total. The zero-order valence-corrected chi connectivity index (χ0v) is 14.4. The fraction of sp³-hybridized carbons (Fsp3) is 0.368. The number of benzene rings is 1. The predicted octanol–water partition coefficient (Wildman–Crippen LogP) is 3.94. The number of nitrogens with two attached hydrogens (primary N) is 1. The Hall–Kier alpha value is -2.40. The average Bonchev–Trinajstić information content (AvgIpc) is 2.63. The molecule has 1 aromatic carbocycles. The van der Waals surface area contributed by atoms with E-state index in [1.54, 1.807) is 11.1 Å². The maximum absolute atomic E-state index is 12.7. The minimum atomic E-state index is -0.130. The number of carbonyl (C=O) groups is 1. The van der Waals surface area contributed by atoms with E-state index < -0.39 is 0 Å². The lowest BCUT2D eigenvalue weighted by atomic mass is 10.0. The zero-order chi connectivity index (χ0) is 17.4. The van der Waals surface area contributed by atoms with Crippen LogP contribution in [0.3, 0.4) is 0 Å². The van der Waals surface area contributed by atoms with Crippen molar-refractivity contribution >= 4 is 11.7 Å². The number of unbranched alkanes of at least 4 members (excludes halogenated alkanes) is 1. The molecule has 2 rings (SSSR count). The van der Waals surface area contributed by atoms with Gasteiger partial charge in [0.25, 0.3) is 0 Å². The molecule has 0 saturated heterocycles. The van der Waals surface area contributed by atoms with E-state index in [-0.39, 0.29) is 12.1 Å². The van der Waals surface area contributed by atoms with E-state index in [2.05, 4.69) is 17.2 Å². The van der Waals surface area contributed by atoms with Gasteiger partial charge in [-0.15, -0.1) is 0 Å². The van der Waals surface area contributed by atoms with E-state index >= 15 is 0 Å². The van der Waals surface area contributed by atoms with E-state index in [1.165, 1.54) is 0 Å². The maximum atomic E-state index is 12.7. The summed E-state index contributed by atoms with van der Waals surface area (Å²) in [6.07, 6.45) is 6.64. The standard InChI is InChI=1S/C19H26N4O/c1-3-4-10-18(16-8-6-11-21-14-16)23(2)19(24)22-17-9-5-7-15(12-17)13-20/h5-9,11-12,14,18H,3-4,10,13,20H2,1-2H3,(H,22,24)/t18-/m1/s1. The molecule has 0 spiro atoms. The van der Waals surface area contributed by atoms with E-state index in [1.807, 2.05) is 49.6 Å². The largest absolute Gasteiger partial charge is 0.326 e. The summed E-state index contributed by atoms with van der Waals surface area (Å²) in [5, 5.41) is 2.95. The number of pyridine rings is 1. The Labute approximate surface area is 143 Å². The number of nitrogens with zero attached hydrogens (tertiary/aromatic N) is 2. The van der Waals surface area contributed by atoms with E-state index in [0.717, 1.165) is 36.1 Å². The van der Waals surface area contributed by atoms with Gasteiger partial charge < -0.3 is 16.0 Å². The van der Waals surface area contributed by atoms with Crippen LogP contribution in [0.15, 0.2) is 48.8 Å². The van der Waals surface area contributed by atoms with Crippen molar-refractivity contribution in [1.29, 1.82) is 0 Å². The molecule has 0 aliphatic rings.